The number of methoxy groups -OCH3 is 1. The first-order chi connectivity index (χ1) is 10.2. The summed E-state index contributed by atoms with van der Waals surface area (Å²) in [5, 5.41) is 0. The van der Waals surface area contributed by atoms with Gasteiger partial charge >= 0.3 is 0 Å². The number of likely N-dealkylation sites (tertiary alicyclic amines) is 2. The largest absolute Gasteiger partial charge is 0.481 e. The SMILES string of the molecule is CCN1C[C@H]2CCN(Cc3cccnc3OC)[C@H](C2)C1=O. The van der Waals surface area contributed by atoms with Crippen molar-refractivity contribution in [3.8, 4) is 5.88 Å². The summed E-state index contributed by atoms with van der Waals surface area (Å²) < 4.78 is 5.33. The second kappa shape index (κ2) is 6.02. The lowest BCUT2D eigenvalue weighted by molar-refractivity contribution is -0.145. The summed E-state index contributed by atoms with van der Waals surface area (Å²) in [6, 6.07) is 3.98. The molecule has 0 unspecified atom stereocenters. The number of carbonyl (C=O) groups excluding carboxylic acids is 1. The summed E-state index contributed by atoms with van der Waals surface area (Å²) in [6.07, 6.45) is 3.90. The number of fused-ring (bicyclic) bond motifs is 2. The number of pyridine rings is 1. The Bertz CT molecular complexity index is 520. The Morgan fingerprint density at radius 3 is 3.10 bits per heavy atom. The molecule has 1 aromatic heterocycles. The monoisotopic (exact) mass is 289 g/mol. The first-order valence-corrected chi connectivity index (χ1v) is 7.73. The summed E-state index contributed by atoms with van der Waals surface area (Å²) in [5.41, 5.74) is 1.06. The number of amides is 1. The molecule has 0 radical (unpaired) electrons. The maximum Gasteiger partial charge on any atom is 0.239 e. The Balaban J connectivity index is 1.78. The van der Waals surface area contributed by atoms with Crippen LogP contribution in [0.15, 0.2) is 18.3 Å². The summed E-state index contributed by atoms with van der Waals surface area (Å²) in [6.45, 7) is 5.54. The highest BCUT2D eigenvalue weighted by atomic mass is 16.5. The smallest absolute Gasteiger partial charge is 0.239 e. The molecule has 5 heteroatoms. The molecule has 2 bridgehead atoms. The molecule has 1 aromatic rings. The van der Waals surface area contributed by atoms with Gasteiger partial charge in [0, 0.05) is 31.4 Å². The predicted octanol–water partition coefficient (Wildman–Crippen LogP) is 1.53. The van der Waals surface area contributed by atoms with Gasteiger partial charge in [-0.3, -0.25) is 9.69 Å². The second-order valence-electron chi connectivity index (χ2n) is 5.93. The van der Waals surface area contributed by atoms with E-state index in [0.717, 1.165) is 38.2 Å². The molecular weight excluding hydrogens is 266 g/mol. The normalized spacial score (nSPS) is 26.0. The van der Waals surface area contributed by atoms with Crippen LogP contribution in [0, 0.1) is 5.92 Å². The zero-order valence-corrected chi connectivity index (χ0v) is 12.8. The Kier molecular flexibility index (Phi) is 4.10. The predicted molar refractivity (Wildman–Crippen MR) is 80.0 cm³/mol. The maximum atomic E-state index is 12.6. The van der Waals surface area contributed by atoms with Crippen molar-refractivity contribution in [3.63, 3.8) is 0 Å². The van der Waals surface area contributed by atoms with Crippen LogP contribution >= 0.6 is 0 Å². The number of hydrogen-bond donors (Lipinski definition) is 0. The number of rotatable bonds is 4. The van der Waals surface area contributed by atoms with Gasteiger partial charge in [-0.15, -0.1) is 0 Å². The third-order valence-electron chi connectivity index (χ3n) is 4.70. The lowest BCUT2D eigenvalue weighted by Crippen LogP contribution is -2.58. The fourth-order valence-electron chi connectivity index (χ4n) is 3.54. The van der Waals surface area contributed by atoms with E-state index in [1.807, 2.05) is 17.0 Å². The molecule has 0 aromatic carbocycles. The molecule has 5 nitrogen and oxygen atoms in total. The zero-order valence-electron chi connectivity index (χ0n) is 12.8. The van der Waals surface area contributed by atoms with Gasteiger partial charge < -0.3 is 9.64 Å². The first kappa shape index (κ1) is 14.3. The van der Waals surface area contributed by atoms with Crippen molar-refractivity contribution >= 4 is 5.91 Å². The maximum absolute atomic E-state index is 12.6. The van der Waals surface area contributed by atoms with E-state index >= 15 is 0 Å². The van der Waals surface area contributed by atoms with Crippen LogP contribution in [0.4, 0.5) is 0 Å². The Morgan fingerprint density at radius 1 is 1.48 bits per heavy atom. The Labute approximate surface area is 125 Å². The van der Waals surface area contributed by atoms with Crippen LogP contribution in [0.2, 0.25) is 0 Å². The van der Waals surface area contributed by atoms with Crippen LogP contribution in [-0.4, -0.2) is 53.5 Å². The molecule has 0 N–H and O–H groups in total. The number of likely N-dealkylation sites (N-methyl/N-ethyl adjacent to an activating group) is 1. The van der Waals surface area contributed by atoms with Gasteiger partial charge in [-0.05, 0) is 38.3 Å². The summed E-state index contributed by atoms with van der Waals surface area (Å²) in [5.74, 6) is 1.62. The minimum atomic E-state index is 0.0300. The highest BCUT2D eigenvalue weighted by molar-refractivity contribution is 5.83. The highest BCUT2D eigenvalue weighted by Crippen LogP contribution is 2.31. The minimum Gasteiger partial charge on any atom is -0.481 e. The van der Waals surface area contributed by atoms with Gasteiger partial charge in [-0.25, -0.2) is 4.98 Å². The van der Waals surface area contributed by atoms with Crippen molar-refractivity contribution in [2.75, 3.05) is 26.7 Å². The number of ether oxygens (including phenoxy) is 1. The lowest BCUT2D eigenvalue weighted by atomic mass is 9.85. The van der Waals surface area contributed by atoms with E-state index in [1.165, 1.54) is 6.42 Å². The van der Waals surface area contributed by atoms with Crippen molar-refractivity contribution in [2.45, 2.75) is 32.4 Å². The van der Waals surface area contributed by atoms with E-state index in [1.54, 1.807) is 13.3 Å². The average molecular weight is 289 g/mol. The molecule has 1 amide bonds. The average Bonchev–Trinajstić information content (AvgIpc) is 2.53. The molecule has 21 heavy (non-hydrogen) atoms. The van der Waals surface area contributed by atoms with Gasteiger partial charge in [0.15, 0.2) is 0 Å². The summed E-state index contributed by atoms with van der Waals surface area (Å²) in [7, 11) is 1.64. The van der Waals surface area contributed by atoms with E-state index in [-0.39, 0.29) is 11.9 Å². The van der Waals surface area contributed by atoms with E-state index in [2.05, 4.69) is 16.8 Å². The van der Waals surface area contributed by atoms with Crippen LogP contribution in [0.1, 0.15) is 25.3 Å². The molecule has 3 rings (SSSR count). The summed E-state index contributed by atoms with van der Waals surface area (Å²) in [4.78, 5) is 21.1. The number of hydrogen-bond acceptors (Lipinski definition) is 4. The topological polar surface area (TPSA) is 45.7 Å². The van der Waals surface area contributed by atoms with E-state index in [4.69, 9.17) is 4.74 Å². The number of carbonyl (C=O) groups is 1. The highest BCUT2D eigenvalue weighted by Gasteiger charge is 2.40. The van der Waals surface area contributed by atoms with Crippen molar-refractivity contribution in [3.05, 3.63) is 23.9 Å². The van der Waals surface area contributed by atoms with Crippen molar-refractivity contribution < 1.29 is 9.53 Å². The fraction of sp³-hybridized carbons (Fsp3) is 0.625. The van der Waals surface area contributed by atoms with E-state index in [0.29, 0.717) is 11.8 Å². The Morgan fingerprint density at radius 2 is 2.33 bits per heavy atom. The number of nitrogens with zero attached hydrogens (tertiary/aromatic N) is 3. The third-order valence-corrected chi connectivity index (χ3v) is 4.70. The van der Waals surface area contributed by atoms with Gasteiger partial charge in [0.1, 0.15) is 0 Å². The molecule has 114 valence electrons. The van der Waals surface area contributed by atoms with Gasteiger partial charge in [-0.1, -0.05) is 6.07 Å². The molecule has 2 atom stereocenters. The van der Waals surface area contributed by atoms with E-state index in [9.17, 15) is 4.79 Å². The van der Waals surface area contributed by atoms with Gasteiger partial charge in [0.2, 0.25) is 11.8 Å². The molecule has 0 saturated carbocycles. The zero-order chi connectivity index (χ0) is 14.8. The molecule has 2 aliphatic rings. The first-order valence-electron chi connectivity index (χ1n) is 7.73. The second-order valence-corrected chi connectivity index (χ2v) is 5.93. The van der Waals surface area contributed by atoms with Crippen molar-refractivity contribution in [2.24, 2.45) is 5.92 Å². The molecule has 0 aliphatic carbocycles. The van der Waals surface area contributed by atoms with Crippen LogP contribution in [0.25, 0.3) is 0 Å². The minimum absolute atomic E-state index is 0.0300. The van der Waals surface area contributed by atoms with Crippen LogP contribution in [0.3, 0.4) is 0 Å². The molecule has 2 aliphatic heterocycles. The molecular formula is C16H23N3O2. The third kappa shape index (κ3) is 2.75. The fourth-order valence-corrected chi connectivity index (χ4v) is 3.54. The van der Waals surface area contributed by atoms with Gasteiger partial charge in [0.05, 0.1) is 13.2 Å². The standard InChI is InChI=1S/C16H23N3O2/c1-3-18-10-12-6-8-19(14(9-12)16(18)20)11-13-5-4-7-17-15(13)21-2/h4-5,7,12,14H,3,6,8-11H2,1-2H3/t12-,14+/m0/s1. The number of piperidine rings is 2. The molecule has 0 spiro atoms. The molecule has 2 fully saturated rings. The van der Waals surface area contributed by atoms with Crippen LogP contribution in [0.5, 0.6) is 5.88 Å². The van der Waals surface area contributed by atoms with Crippen molar-refractivity contribution in [1.29, 1.82) is 0 Å². The van der Waals surface area contributed by atoms with Gasteiger partial charge in [0.25, 0.3) is 0 Å². The number of aromatic nitrogens is 1. The molecule has 2 saturated heterocycles. The summed E-state index contributed by atoms with van der Waals surface area (Å²) >= 11 is 0. The van der Waals surface area contributed by atoms with Crippen LogP contribution in [-0.2, 0) is 11.3 Å². The van der Waals surface area contributed by atoms with Crippen molar-refractivity contribution in [1.82, 2.24) is 14.8 Å². The lowest BCUT2D eigenvalue weighted by Gasteiger charge is -2.46. The quantitative estimate of drug-likeness (QED) is 0.843. The van der Waals surface area contributed by atoms with Crippen LogP contribution < -0.4 is 4.74 Å². The Hall–Kier alpha value is -1.62. The van der Waals surface area contributed by atoms with Gasteiger partial charge in [-0.2, -0.15) is 0 Å². The van der Waals surface area contributed by atoms with E-state index < -0.39 is 0 Å². The molecule has 3 heterocycles.